The van der Waals surface area contributed by atoms with Crippen LogP contribution >= 0.6 is 11.6 Å². The second kappa shape index (κ2) is 6.58. The van der Waals surface area contributed by atoms with E-state index in [2.05, 4.69) is 43.2 Å². The van der Waals surface area contributed by atoms with Gasteiger partial charge in [-0.3, -0.25) is 5.01 Å². The molecule has 0 aliphatic heterocycles. The summed E-state index contributed by atoms with van der Waals surface area (Å²) < 4.78 is 0. The Morgan fingerprint density at radius 1 is 1.00 bits per heavy atom. The van der Waals surface area contributed by atoms with E-state index in [1.807, 2.05) is 36.3 Å². The third-order valence-electron chi connectivity index (χ3n) is 3.20. The number of nitrogens with zero attached hydrogens (tertiary/aromatic N) is 2. The smallest absolute Gasteiger partial charge is 0.156 e. The van der Waals surface area contributed by atoms with Crippen LogP contribution in [0.15, 0.2) is 53.6 Å². The van der Waals surface area contributed by atoms with Crippen LogP contribution in [0.2, 0.25) is 0 Å². The zero-order valence-corrected chi connectivity index (χ0v) is 12.9. The molecule has 2 aromatic carbocycles. The van der Waals surface area contributed by atoms with Crippen molar-refractivity contribution < 1.29 is 0 Å². The van der Waals surface area contributed by atoms with E-state index in [0.29, 0.717) is 5.17 Å². The van der Waals surface area contributed by atoms with E-state index in [4.69, 9.17) is 11.6 Å². The summed E-state index contributed by atoms with van der Waals surface area (Å²) in [6, 6.07) is 16.4. The molecule has 0 atom stereocenters. The van der Waals surface area contributed by atoms with Gasteiger partial charge >= 0.3 is 0 Å². The molecule has 0 radical (unpaired) electrons. The molecule has 0 saturated heterocycles. The van der Waals surface area contributed by atoms with Crippen LogP contribution in [-0.2, 0) is 6.54 Å². The van der Waals surface area contributed by atoms with E-state index in [0.717, 1.165) is 23.2 Å². The summed E-state index contributed by atoms with van der Waals surface area (Å²) >= 11 is 6.39. The Bertz CT molecular complexity index is 585. The maximum absolute atomic E-state index is 6.39. The maximum Gasteiger partial charge on any atom is 0.156 e. The standard InChI is InChI=1S/C17H19ClN2/c1-13-8-7-9-14(2)16(13)17(18)19-20(3)12-15-10-5-4-6-11-15/h4-11H,12H2,1-3H3/b19-17+. The molecule has 0 aliphatic carbocycles. The van der Waals surface area contributed by atoms with Gasteiger partial charge in [0.05, 0.1) is 6.54 Å². The first-order valence-electron chi connectivity index (χ1n) is 6.63. The molecule has 0 unspecified atom stereocenters. The second-order valence-electron chi connectivity index (χ2n) is 4.96. The lowest BCUT2D eigenvalue weighted by Gasteiger charge is -2.15. The molecule has 2 aromatic rings. The molecule has 0 heterocycles. The van der Waals surface area contributed by atoms with Crippen molar-refractivity contribution in [3.05, 3.63) is 70.8 Å². The van der Waals surface area contributed by atoms with Gasteiger partial charge in [-0.15, -0.1) is 0 Å². The Hall–Kier alpha value is -1.80. The lowest BCUT2D eigenvalue weighted by atomic mass is 10.0. The van der Waals surface area contributed by atoms with Crippen LogP contribution < -0.4 is 0 Å². The third-order valence-corrected chi connectivity index (χ3v) is 3.46. The molecule has 0 bridgehead atoms. The van der Waals surface area contributed by atoms with Gasteiger partial charge in [0.1, 0.15) is 0 Å². The highest BCUT2D eigenvalue weighted by atomic mass is 35.5. The van der Waals surface area contributed by atoms with Crippen molar-refractivity contribution in [2.75, 3.05) is 7.05 Å². The SMILES string of the molecule is Cc1cccc(C)c1/C(Cl)=N\N(C)Cc1ccccc1. The Morgan fingerprint density at radius 2 is 1.60 bits per heavy atom. The molecule has 0 aromatic heterocycles. The van der Waals surface area contributed by atoms with Gasteiger partial charge in [0, 0.05) is 12.6 Å². The van der Waals surface area contributed by atoms with Gasteiger partial charge < -0.3 is 0 Å². The summed E-state index contributed by atoms with van der Waals surface area (Å²) in [5, 5.41) is 6.88. The molecular weight excluding hydrogens is 268 g/mol. The molecule has 2 rings (SSSR count). The van der Waals surface area contributed by atoms with E-state index in [1.54, 1.807) is 0 Å². The van der Waals surface area contributed by atoms with Crippen molar-refractivity contribution in [3.63, 3.8) is 0 Å². The second-order valence-corrected chi connectivity index (χ2v) is 5.32. The van der Waals surface area contributed by atoms with Crippen molar-refractivity contribution in [3.8, 4) is 0 Å². The Labute approximate surface area is 125 Å². The Kier molecular flexibility index (Phi) is 4.80. The fourth-order valence-corrected chi connectivity index (χ4v) is 2.65. The predicted molar refractivity (Wildman–Crippen MR) is 86.2 cm³/mol. The summed E-state index contributed by atoms with van der Waals surface area (Å²) in [4.78, 5) is 0. The minimum atomic E-state index is 0.541. The van der Waals surface area contributed by atoms with Crippen LogP contribution in [0.25, 0.3) is 0 Å². The predicted octanol–water partition coefficient (Wildman–Crippen LogP) is 4.34. The first-order chi connectivity index (χ1) is 9.58. The van der Waals surface area contributed by atoms with Crippen molar-refractivity contribution in [2.24, 2.45) is 5.10 Å². The molecule has 0 aliphatic rings. The zero-order valence-electron chi connectivity index (χ0n) is 12.1. The minimum Gasteiger partial charge on any atom is -0.294 e. The first kappa shape index (κ1) is 14.6. The van der Waals surface area contributed by atoms with Gasteiger partial charge in [0.15, 0.2) is 5.17 Å². The first-order valence-corrected chi connectivity index (χ1v) is 7.01. The van der Waals surface area contributed by atoms with Crippen LogP contribution in [0, 0.1) is 13.8 Å². The van der Waals surface area contributed by atoms with E-state index in [-0.39, 0.29) is 0 Å². The summed E-state index contributed by atoms with van der Waals surface area (Å²) in [5.74, 6) is 0. The Balaban J connectivity index is 2.18. The molecule has 0 spiro atoms. The van der Waals surface area contributed by atoms with Crippen molar-refractivity contribution in [1.29, 1.82) is 0 Å². The van der Waals surface area contributed by atoms with E-state index in [1.165, 1.54) is 5.56 Å². The number of benzene rings is 2. The van der Waals surface area contributed by atoms with Gasteiger partial charge in [0.2, 0.25) is 0 Å². The lowest BCUT2D eigenvalue weighted by Crippen LogP contribution is -2.13. The third kappa shape index (κ3) is 3.61. The summed E-state index contributed by atoms with van der Waals surface area (Å²) in [6.45, 7) is 4.84. The van der Waals surface area contributed by atoms with E-state index in [9.17, 15) is 0 Å². The summed E-state index contributed by atoms with van der Waals surface area (Å²) in [6.07, 6.45) is 0. The van der Waals surface area contributed by atoms with Crippen LogP contribution in [-0.4, -0.2) is 17.2 Å². The molecule has 0 N–H and O–H groups in total. The van der Waals surface area contributed by atoms with Gasteiger partial charge in [-0.25, -0.2) is 0 Å². The van der Waals surface area contributed by atoms with Crippen LogP contribution in [0.4, 0.5) is 0 Å². The van der Waals surface area contributed by atoms with Gasteiger partial charge in [-0.05, 0) is 30.5 Å². The topological polar surface area (TPSA) is 15.6 Å². The summed E-state index contributed by atoms with van der Waals surface area (Å²) in [7, 11) is 1.93. The van der Waals surface area contributed by atoms with E-state index >= 15 is 0 Å². The van der Waals surface area contributed by atoms with Gasteiger partial charge in [0.25, 0.3) is 0 Å². The monoisotopic (exact) mass is 286 g/mol. The molecule has 0 saturated carbocycles. The number of aryl methyl sites for hydroxylation is 2. The number of halogens is 1. The highest BCUT2D eigenvalue weighted by molar-refractivity contribution is 6.69. The van der Waals surface area contributed by atoms with Gasteiger partial charge in [-0.2, -0.15) is 5.10 Å². The molecular formula is C17H19ClN2. The Morgan fingerprint density at radius 3 is 2.20 bits per heavy atom. The average Bonchev–Trinajstić information content (AvgIpc) is 2.39. The van der Waals surface area contributed by atoms with Crippen molar-refractivity contribution in [1.82, 2.24) is 5.01 Å². The number of hydrazone groups is 1. The molecule has 3 heteroatoms. The molecule has 0 fully saturated rings. The molecule has 20 heavy (non-hydrogen) atoms. The van der Waals surface area contributed by atoms with Crippen LogP contribution in [0.5, 0.6) is 0 Å². The van der Waals surface area contributed by atoms with Crippen molar-refractivity contribution >= 4 is 16.8 Å². The van der Waals surface area contributed by atoms with Crippen molar-refractivity contribution in [2.45, 2.75) is 20.4 Å². The maximum atomic E-state index is 6.39. The summed E-state index contributed by atoms with van der Waals surface area (Å²) in [5.41, 5.74) is 4.53. The van der Waals surface area contributed by atoms with Crippen LogP contribution in [0.3, 0.4) is 0 Å². The normalized spacial score (nSPS) is 11.5. The fourth-order valence-electron chi connectivity index (χ4n) is 2.22. The highest BCUT2D eigenvalue weighted by Crippen LogP contribution is 2.17. The van der Waals surface area contributed by atoms with E-state index < -0.39 is 0 Å². The number of hydrogen-bond donors (Lipinski definition) is 0. The lowest BCUT2D eigenvalue weighted by molar-refractivity contribution is 0.348. The molecule has 0 amide bonds. The highest BCUT2D eigenvalue weighted by Gasteiger charge is 2.08. The fraction of sp³-hybridized carbons (Fsp3) is 0.235. The van der Waals surface area contributed by atoms with Gasteiger partial charge in [-0.1, -0.05) is 60.1 Å². The number of rotatable bonds is 4. The largest absolute Gasteiger partial charge is 0.294 e. The quantitative estimate of drug-likeness (QED) is 0.603. The average molecular weight is 287 g/mol. The number of hydrogen-bond acceptors (Lipinski definition) is 2. The molecule has 2 nitrogen and oxygen atoms in total. The molecule has 104 valence electrons. The minimum absolute atomic E-state index is 0.541. The zero-order chi connectivity index (χ0) is 14.5. The van der Waals surface area contributed by atoms with Crippen LogP contribution in [0.1, 0.15) is 22.3 Å².